The Bertz CT molecular complexity index is 886. The molecule has 0 spiro atoms. The first kappa shape index (κ1) is 19.2. The third-order valence-electron chi connectivity index (χ3n) is 4.75. The Kier molecular flexibility index (Phi) is 6.36. The summed E-state index contributed by atoms with van der Waals surface area (Å²) >= 11 is 6.12. The van der Waals surface area contributed by atoms with Crippen molar-refractivity contribution >= 4 is 17.5 Å². The Labute approximate surface area is 166 Å². The molecule has 1 aromatic heterocycles. The van der Waals surface area contributed by atoms with E-state index in [2.05, 4.69) is 48.0 Å². The lowest BCUT2D eigenvalue weighted by molar-refractivity contribution is -0.131. The molecule has 3 aromatic rings. The van der Waals surface area contributed by atoms with Gasteiger partial charge in [-0.3, -0.25) is 4.79 Å². The van der Waals surface area contributed by atoms with E-state index >= 15 is 0 Å². The van der Waals surface area contributed by atoms with Gasteiger partial charge < -0.3 is 9.47 Å². The van der Waals surface area contributed by atoms with Crippen molar-refractivity contribution < 1.29 is 4.79 Å². The number of alkyl halides is 1. The smallest absolute Gasteiger partial charge is 0.240 e. The molecule has 140 valence electrons. The van der Waals surface area contributed by atoms with Crippen LogP contribution in [0.2, 0.25) is 0 Å². The monoisotopic (exact) mass is 380 g/mol. The second-order valence-electron chi connectivity index (χ2n) is 6.85. The number of amides is 1. The number of aromatic nitrogens is 1. The first-order valence-corrected chi connectivity index (χ1v) is 9.63. The van der Waals surface area contributed by atoms with E-state index in [0.717, 1.165) is 17.8 Å². The number of hydrogen-bond acceptors (Lipinski definition) is 1. The lowest BCUT2D eigenvalue weighted by Crippen LogP contribution is -2.35. The van der Waals surface area contributed by atoms with Crippen LogP contribution in [0.4, 0.5) is 0 Å². The highest BCUT2D eigenvalue weighted by Crippen LogP contribution is 2.16. The summed E-state index contributed by atoms with van der Waals surface area (Å²) in [5.41, 5.74) is 4.74. The molecule has 0 bridgehead atoms. The third kappa shape index (κ3) is 5.01. The highest BCUT2D eigenvalue weighted by atomic mass is 35.5. The summed E-state index contributed by atoms with van der Waals surface area (Å²) in [7, 11) is 0. The van der Waals surface area contributed by atoms with Gasteiger partial charge in [0.1, 0.15) is 5.38 Å². The largest absolute Gasteiger partial charge is 0.345 e. The molecule has 0 N–H and O–H groups in total. The maximum atomic E-state index is 12.7. The summed E-state index contributed by atoms with van der Waals surface area (Å²) in [5.74, 6) is -0.0517. The van der Waals surface area contributed by atoms with Gasteiger partial charge >= 0.3 is 0 Å². The number of carbonyl (C=O) groups is 1. The summed E-state index contributed by atoms with van der Waals surface area (Å²) in [6, 6.07) is 22.5. The van der Waals surface area contributed by atoms with Crippen LogP contribution in [-0.4, -0.2) is 20.8 Å². The maximum absolute atomic E-state index is 12.7. The second kappa shape index (κ2) is 8.92. The van der Waals surface area contributed by atoms with E-state index in [9.17, 15) is 4.79 Å². The Morgan fingerprint density at radius 3 is 2.41 bits per heavy atom. The van der Waals surface area contributed by atoms with Crippen LogP contribution in [0.15, 0.2) is 72.9 Å². The first-order valence-electron chi connectivity index (χ1n) is 9.20. The molecule has 0 aliphatic heterocycles. The molecule has 4 heteroatoms. The van der Waals surface area contributed by atoms with E-state index in [-0.39, 0.29) is 5.91 Å². The number of benzene rings is 2. The van der Waals surface area contributed by atoms with Crippen molar-refractivity contribution in [1.29, 1.82) is 0 Å². The minimum atomic E-state index is -0.548. The van der Waals surface area contributed by atoms with Crippen LogP contribution in [0.1, 0.15) is 29.3 Å². The number of rotatable bonds is 7. The van der Waals surface area contributed by atoms with Gasteiger partial charge in [-0.15, -0.1) is 11.6 Å². The van der Waals surface area contributed by atoms with Crippen molar-refractivity contribution in [2.45, 2.75) is 38.9 Å². The van der Waals surface area contributed by atoms with Gasteiger partial charge in [-0.25, -0.2) is 0 Å². The van der Waals surface area contributed by atoms with Crippen molar-refractivity contribution in [2.24, 2.45) is 0 Å². The standard InChI is InChI=1S/C23H25ClN2O/c1-18-9-6-7-12-21(18)16-25-14-8-13-22(25)17-26(23(27)19(2)24)15-20-10-4-3-5-11-20/h3-14,19H,15-17H2,1-2H3/t19-/m0/s1. The fourth-order valence-corrected chi connectivity index (χ4v) is 3.32. The zero-order chi connectivity index (χ0) is 19.2. The van der Waals surface area contributed by atoms with Crippen LogP contribution in [0.5, 0.6) is 0 Å². The van der Waals surface area contributed by atoms with Gasteiger partial charge in [0.05, 0.1) is 6.54 Å². The van der Waals surface area contributed by atoms with Crippen molar-refractivity contribution in [2.75, 3.05) is 0 Å². The predicted octanol–water partition coefficient (Wildman–Crippen LogP) is 5.00. The maximum Gasteiger partial charge on any atom is 0.240 e. The quantitative estimate of drug-likeness (QED) is 0.529. The van der Waals surface area contributed by atoms with Crippen LogP contribution in [0, 0.1) is 6.92 Å². The molecule has 27 heavy (non-hydrogen) atoms. The van der Waals surface area contributed by atoms with Crippen LogP contribution in [0.25, 0.3) is 0 Å². The van der Waals surface area contributed by atoms with Gasteiger partial charge in [0, 0.05) is 25.0 Å². The lowest BCUT2D eigenvalue weighted by Gasteiger charge is -2.25. The van der Waals surface area contributed by atoms with Gasteiger partial charge in [0.2, 0.25) is 5.91 Å². The highest BCUT2D eigenvalue weighted by Gasteiger charge is 2.20. The Hall–Kier alpha value is -2.52. The molecule has 0 saturated carbocycles. The molecule has 1 amide bonds. The van der Waals surface area contributed by atoms with Crippen molar-refractivity contribution in [3.63, 3.8) is 0 Å². The number of carbonyl (C=O) groups excluding carboxylic acids is 1. The molecule has 2 aromatic carbocycles. The SMILES string of the molecule is Cc1ccccc1Cn1cccc1CN(Cc1ccccc1)C(=O)[C@H](C)Cl. The molecule has 0 fully saturated rings. The molecule has 0 radical (unpaired) electrons. The van der Waals surface area contributed by atoms with Crippen molar-refractivity contribution in [3.05, 3.63) is 95.3 Å². The van der Waals surface area contributed by atoms with Gasteiger partial charge in [-0.1, -0.05) is 54.6 Å². The Balaban J connectivity index is 1.81. The van der Waals surface area contributed by atoms with Gasteiger partial charge in [-0.05, 0) is 42.7 Å². The highest BCUT2D eigenvalue weighted by molar-refractivity contribution is 6.30. The zero-order valence-electron chi connectivity index (χ0n) is 15.8. The van der Waals surface area contributed by atoms with Crippen LogP contribution in [0.3, 0.4) is 0 Å². The second-order valence-corrected chi connectivity index (χ2v) is 7.50. The molecular formula is C23H25ClN2O. The molecule has 1 atom stereocenters. The number of aryl methyl sites for hydroxylation is 1. The van der Waals surface area contributed by atoms with Crippen molar-refractivity contribution in [3.8, 4) is 0 Å². The molecule has 0 unspecified atom stereocenters. The molecule has 0 saturated heterocycles. The number of halogens is 1. The van der Waals surface area contributed by atoms with E-state index in [1.807, 2.05) is 41.3 Å². The zero-order valence-corrected chi connectivity index (χ0v) is 16.6. The van der Waals surface area contributed by atoms with E-state index in [0.29, 0.717) is 13.1 Å². The summed E-state index contributed by atoms with van der Waals surface area (Å²) in [5, 5.41) is -0.548. The normalized spacial score (nSPS) is 12.0. The Morgan fingerprint density at radius 2 is 1.70 bits per heavy atom. The van der Waals surface area contributed by atoms with Gasteiger partial charge in [0.15, 0.2) is 0 Å². The summed E-state index contributed by atoms with van der Waals surface area (Å²) in [6.07, 6.45) is 2.07. The van der Waals surface area contributed by atoms with Gasteiger partial charge in [0.25, 0.3) is 0 Å². The van der Waals surface area contributed by atoms with Crippen LogP contribution >= 0.6 is 11.6 Å². The van der Waals surface area contributed by atoms with E-state index in [1.54, 1.807) is 6.92 Å². The summed E-state index contributed by atoms with van der Waals surface area (Å²) in [6.45, 7) is 5.72. The molecule has 3 rings (SSSR count). The van der Waals surface area contributed by atoms with Crippen LogP contribution in [-0.2, 0) is 24.4 Å². The molecule has 0 aliphatic carbocycles. The van der Waals surface area contributed by atoms with E-state index in [1.165, 1.54) is 11.1 Å². The summed E-state index contributed by atoms with van der Waals surface area (Å²) in [4.78, 5) is 14.5. The third-order valence-corrected chi connectivity index (χ3v) is 4.93. The van der Waals surface area contributed by atoms with E-state index in [4.69, 9.17) is 11.6 Å². The minimum absolute atomic E-state index is 0.0517. The summed E-state index contributed by atoms with van der Waals surface area (Å²) < 4.78 is 2.20. The minimum Gasteiger partial charge on any atom is -0.345 e. The van der Waals surface area contributed by atoms with Crippen molar-refractivity contribution in [1.82, 2.24) is 9.47 Å². The average Bonchev–Trinajstić information content (AvgIpc) is 3.10. The topological polar surface area (TPSA) is 25.2 Å². The fourth-order valence-electron chi connectivity index (χ4n) is 3.18. The fraction of sp³-hybridized carbons (Fsp3) is 0.261. The first-order chi connectivity index (χ1) is 13.0. The lowest BCUT2D eigenvalue weighted by atomic mass is 10.1. The van der Waals surface area contributed by atoms with Gasteiger partial charge in [-0.2, -0.15) is 0 Å². The average molecular weight is 381 g/mol. The van der Waals surface area contributed by atoms with Crippen LogP contribution < -0.4 is 0 Å². The number of nitrogens with zero attached hydrogens (tertiary/aromatic N) is 2. The molecule has 1 heterocycles. The van der Waals surface area contributed by atoms with E-state index < -0.39 is 5.38 Å². The molecule has 3 nitrogen and oxygen atoms in total. The molecule has 0 aliphatic rings. The Morgan fingerprint density at radius 1 is 1.00 bits per heavy atom. The predicted molar refractivity (Wildman–Crippen MR) is 111 cm³/mol. The number of hydrogen-bond donors (Lipinski definition) is 0. The molecular weight excluding hydrogens is 356 g/mol.